The number of nitrogens with two attached hydrogens (primary N) is 1. The Balaban J connectivity index is 2.01. The second-order valence-electron chi connectivity index (χ2n) is 5.47. The molecule has 4 nitrogen and oxygen atoms in total. The lowest BCUT2D eigenvalue weighted by atomic mass is 10.1. The van der Waals surface area contributed by atoms with Crippen LogP contribution in [0.25, 0.3) is 0 Å². The first-order valence-corrected chi connectivity index (χ1v) is 6.89. The van der Waals surface area contributed by atoms with Crippen LogP contribution in [0.15, 0.2) is 30.3 Å². The zero-order valence-corrected chi connectivity index (χ0v) is 11.7. The van der Waals surface area contributed by atoms with Crippen LogP contribution in [-0.2, 0) is 11.3 Å². The van der Waals surface area contributed by atoms with Gasteiger partial charge in [-0.2, -0.15) is 0 Å². The van der Waals surface area contributed by atoms with E-state index in [9.17, 15) is 4.79 Å². The first kappa shape index (κ1) is 14.0. The minimum absolute atomic E-state index is 0.169. The van der Waals surface area contributed by atoms with Gasteiger partial charge >= 0.3 is 0 Å². The number of hydrogen-bond acceptors (Lipinski definition) is 3. The number of nitrogens with zero attached hydrogens (tertiary/aromatic N) is 2. The van der Waals surface area contributed by atoms with Crippen molar-refractivity contribution in [2.45, 2.75) is 32.5 Å². The maximum absolute atomic E-state index is 11.6. The van der Waals surface area contributed by atoms with E-state index in [-0.39, 0.29) is 11.9 Å². The van der Waals surface area contributed by atoms with E-state index in [4.69, 9.17) is 5.73 Å². The van der Waals surface area contributed by atoms with Crippen LogP contribution >= 0.6 is 0 Å². The van der Waals surface area contributed by atoms with Crippen LogP contribution in [0.3, 0.4) is 0 Å². The summed E-state index contributed by atoms with van der Waals surface area (Å²) in [5.74, 6) is -0.216. The molecule has 1 fully saturated rings. The van der Waals surface area contributed by atoms with E-state index in [0.29, 0.717) is 6.04 Å². The minimum atomic E-state index is -0.216. The lowest BCUT2D eigenvalue weighted by molar-refractivity contribution is -0.126. The normalized spacial score (nSPS) is 21.7. The first-order chi connectivity index (χ1) is 9.08. The Morgan fingerprint density at radius 1 is 1.32 bits per heavy atom. The molecule has 1 saturated heterocycles. The predicted octanol–water partition coefficient (Wildman–Crippen LogP) is 1.07. The maximum Gasteiger partial charge on any atom is 0.236 e. The summed E-state index contributed by atoms with van der Waals surface area (Å²) in [6, 6.07) is 10.5. The number of carbonyl (C=O) groups excluding carboxylic acids is 1. The number of benzene rings is 1. The Morgan fingerprint density at radius 2 is 2.00 bits per heavy atom. The molecule has 1 aromatic rings. The van der Waals surface area contributed by atoms with Gasteiger partial charge in [0.05, 0.1) is 0 Å². The van der Waals surface area contributed by atoms with E-state index in [0.717, 1.165) is 26.2 Å². The third kappa shape index (κ3) is 3.55. The van der Waals surface area contributed by atoms with Gasteiger partial charge in [0, 0.05) is 32.2 Å². The van der Waals surface area contributed by atoms with Gasteiger partial charge in [-0.05, 0) is 19.4 Å². The van der Waals surface area contributed by atoms with E-state index in [1.54, 1.807) is 0 Å². The van der Waals surface area contributed by atoms with Crippen molar-refractivity contribution in [2.24, 2.45) is 5.73 Å². The van der Waals surface area contributed by atoms with Crippen molar-refractivity contribution in [3.8, 4) is 0 Å². The maximum atomic E-state index is 11.6. The van der Waals surface area contributed by atoms with Gasteiger partial charge in [0.2, 0.25) is 5.91 Å². The number of hydrogen-bond donors (Lipinski definition) is 1. The van der Waals surface area contributed by atoms with Crippen LogP contribution in [0, 0.1) is 0 Å². The molecule has 2 N–H and O–H groups in total. The lowest BCUT2D eigenvalue weighted by Crippen LogP contribution is -2.59. The van der Waals surface area contributed by atoms with Crippen molar-refractivity contribution in [1.29, 1.82) is 0 Å². The number of carbonyl (C=O) groups is 1. The molecule has 1 amide bonds. The highest BCUT2D eigenvalue weighted by atomic mass is 16.1. The SMILES string of the molecule is CC(C)N1CCN(Cc2ccccc2)CC1C(N)=O. The summed E-state index contributed by atoms with van der Waals surface area (Å²) in [6.45, 7) is 7.72. The third-order valence-electron chi connectivity index (χ3n) is 3.75. The summed E-state index contributed by atoms with van der Waals surface area (Å²) in [6.07, 6.45) is 0. The van der Waals surface area contributed by atoms with Crippen molar-refractivity contribution in [2.75, 3.05) is 19.6 Å². The molecule has 1 unspecified atom stereocenters. The standard InChI is InChI=1S/C15H23N3O/c1-12(2)18-9-8-17(11-14(18)15(16)19)10-13-6-4-3-5-7-13/h3-7,12,14H,8-11H2,1-2H3,(H2,16,19). The molecular weight excluding hydrogens is 238 g/mol. The lowest BCUT2D eigenvalue weighted by Gasteiger charge is -2.42. The van der Waals surface area contributed by atoms with Crippen molar-refractivity contribution in [3.05, 3.63) is 35.9 Å². The second-order valence-corrected chi connectivity index (χ2v) is 5.47. The van der Waals surface area contributed by atoms with Gasteiger partial charge in [0.25, 0.3) is 0 Å². The molecule has 1 aliphatic heterocycles. The zero-order chi connectivity index (χ0) is 13.8. The Bertz CT molecular complexity index is 419. The van der Waals surface area contributed by atoms with E-state index in [1.165, 1.54) is 5.56 Å². The molecule has 0 aliphatic carbocycles. The van der Waals surface area contributed by atoms with Gasteiger partial charge in [-0.3, -0.25) is 14.6 Å². The molecule has 19 heavy (non-hydrogen) atoms. The molecule has 0 aromatic heterocycles. The average molecular weight is 261 g/mol. The second kappa shape index (κ2) is 6.17. The number of amides is 1. The molecule has 1 aromatic carbocycles. The quantitative estimate of drug-likeness (QED) is 0.882. The van der Waals surface area contributed by atoms with E-state index >= 15 is 0 Å². The van der Waals surface area contributed by atoms with Crippen LogP contribution in [-0.4, -0.2) is 47.4 Å². The van der Waals surface area contributed by atoms with Gasteiger partial charge in [0.15, 0.2) is 0 Å². The fourth-order valence-corrected chi connectivity index (χ4v) is 2.71. The van der Waals surface area contributed by atoms with Gasteiger partial charge in [-0.25, -0.2) is 0 Å². The molecule has 1 atom stereocenters. The smallest absolute Gasteiger partial charge is 0.236 e. The average Bonchev–Trinajstić information content (AvgIpc) is 2.39. The Hall–Kier alpha value is -1.39. The van der Waals surface area contributed by atoms with Crippen molar-refractivity contribution >= 4 is 5.91 Å². The van der Waals surface area contributed by atoms with Crippen LogP contribution in [0.5, 0.6) is 0 Å². The van der Waals surface area contributed by atoms with Crippen LogP contribution < -0.4 is 5.73 Å². The number of rotatable bonds is 4. The van der Waals surface area contributed by atoms with Crippen molar-refractivity contribution < 1.29 is 4.79 Å². The Kier molecular flexibility index (Phi) is 4.56. The predicted molar refractivity (Wildman–Crippen MR) is 76.5 cm³/mol. The minimum Gasteiger partial charge on any atom is -0.368 e. The van der Waals surface area contributed by atoms with Gasteiger partial charge in [0.1, 0.15) is 6.04 Å². The van der Waals surface area contributed by atoms with Crippen LogP contribution in [0.2, 0.25) is 0 Å². The molecule has 0 radical (unpaired) electrons. The molecule has 104 valence electrons. The largest absolute Gasteiger partial charge is 0.368 e. The summed E-state index contributed by atoms with van der Waals surface area (Å²) < 4.78 is 0. The highest BCUT2D eigenvalue weighted by Gasteiger charge is 2.32. The van der Waals surface area contributed by atoms with E-state index < -0.39 is 0 Å². The Morgan fingerprint density at radius 3 is 2.58 bits per heavy atom. The summed E-state index contributed by atoms with van der Waals surface area (Å²) in [4.78, 5) is 16.1. The van der Waals surface area contributed by atoms with Gasteiger partial charge < -0.3 is 5.73 Å². The summed E-state index contributed by atoms with van der Waals surface area (Å²) in [5.41, 5.74) is 6.82. The highest BCUT2D eigenvalue weighted by Crippen LogP contribution is 2.15. The fourth-order valence-electron chi connectivity index (χ4n) is 2.71. The van der Waals surface area contributed by atoms with E-state index in [2.05, 4.69) is 35.8 Å². The highest BCUT2D eigenvalue weighted by molar-refractivity contribution is 5.80. The zero-order valence-electron chi connectivity index (χ0n) is 11.7. The molecular formula is C15H23N3O. The number of piperazine rings is 1. The van der Waals surface area contributed by atoms with Crippen molar-refractivity contribution in [3.63, 3.8) is 0 Å². The molecule has 0 bridgehead atoms. The third-order valence-corrected chi connectivity index (χ3v) is 3.75. The van der Waals surface area contributed by atoms with Crippen molar-refractivity contribution in [1.82, 2.24) is 9.80 Å². The van der Waals surface area contributed by atoms with Gasteiger partial charge in [-0.15, -0.1) is 0 Å². The molecule has 1 heterocycles. The number of primary amides is 1. The first-order valence-electron chi connectivity index (χ1n) is 6.89. The molecule has 4 heteroatoms. The van der Waals surface area contributed by atoms with Gasteiger partial charge in [-0.1, -0.05) is 30.3 Å². The van der Waals surface area contributed by atoms with Crippen LogP contribution in [0.1, 0.15) is 19.4 Å². The Labute approximate surface area is 115 Å². The van der Waals surface area contributed by atoms with E-state index in [1.807, 2.05) is 18.2 Å². The summed E-state index contributed by atoms with van der Waals surface area (Å²) in [5, 5.41) is 0. The monoisotopic (exact) mass is 261 g/mol. The molecule has 0 saturated carbocycles. The topological polar surface area (TPSA) is 49.6 Å². The summed E-state index contributed by atoms with van der Waals surface area (Å²) >= 11 is 0. The summed E-state index contributed by atoms with van der Waals surface area (Å²) in [7, 11) is 0. The fraction of sp³-hybridized carbons (Fsp3) is 0.533. The molecule has 1 aliphatic rings. The molecule has 0 spiro atoms. The van der Waals surface area contributed by atoms with Crippen LogP contribution in [0.4, 0.5) is 0 Å². The molecule has 2 rings (SSSR count).